The number of aromatic carboxylic acids is 1. The van der Waals surface area contributed by atoms with Crippen LogP contribution in [0.5, 0.6) is 0 Å². The number of carbonyl (C=O) groups is 1. The van der Waals surface area contributed by atoms with Crippen molar-refractivity contribution in [1.29, 1.82) is 0 Å². The monoisotopic (exact) mass is 262 g/mol. The lowest BCUT2D eigenvalue weighted by Crippen LogP contribution is -2.08. The first-order chi connectivity index (χ1) is 9.08. The number of carboxylic acid groups (broad SMARTS) is 1. The molecule has 2 aromatic rings. The molecule has 1 heterocycles. The molecular weight excluding hydrogens is 251 g/mol. The highest BCUT2D eigenvalue weighted by atomic mass is 19.1. The van der Waals surface area contributed by atoms with E-state index in [0.29, 0.717) is 17.9 Å². The van der Waals surface area contributed by atoms with E-state index < -0.39 is 17.3 Å². The average molecular weight is 262 g/mol. The van der Waals surface area contributed by atoms with Crippen LogP contribution in [0.15, 0.2) is 30.7 Å². The van der Waals surface area contributed by atoms with Gasteiger partial charge in [0.25, 0.3) is 0 Å². The van der Waals surface area contributed by atoms with E-state index in [1.54, 1.807) is 12.3 Å². The van der Waals surface area contributed by atoms with Gasteiger partial charge in [-0.2, -0.15) is 0 Å². The number of hydrogen-bond donors (Lipinski definition) is 3. The minimum atomic E-state index is -1.36. The molecule has 0 aliphatic rings. The molecule has 0 unspecified atom stereocenters. The normalized spacial score (nSPS) is 10.2. The lowest BCUT2D eigenvalue weighted by Gasteiger charge is -2.10. The zero-order valence-corrected chi connectivity index (χ0v) is 9.80. The summed E-state index contributed by atoms with van der Waals surface area (Å²) in [4.78, 5) is 18.5. The number of nitrogens with two attached hydrogens (primary N) is 1. The molecule has 0 atom stereocenters. The summed E-state index contributed by atoms with van der Waals surface area (Å²) in [5.41, 5.74) is 6.40. The Bertz CT molecular complexity index is 604. The number of anilines is 2. The van der Waals surface area contributed by atoms with Gasteiger partial charge in [0.15, 0.2) is 0 Å². The molecule has 0 saturated heterocycles. The summed E-state index contributed by atoms with van der Waals surface area (Å²) in [6.07, 6.45) is 2.98. The van der Waals surface area contributed by atoms with Crippen LogP contribution in [0.1, 0.15) is 16.1 Å². The Morgan fingerprint density at radius 3 is 2.89 bits per heavy atom. The highest BCUT2D eigenvalue weighted by Crippen LogP contribution is 2.23. The molecule has 0 radical (unpaired) electrons. The summed E-state index contributed by atoms with van der Waals surface area (Å²) in [5, 5.41) is 11.6. The van der Waals surface area contributed by atoms with Gasteiger partial charge < -0.3 is 16.2 Å². The van der Waals surface area contributed by atoms with Crippen LogP contribution in [0, 0.1) is 5.82 Å². The molecule has 7 heteroatoms. The zero-order chi connectivity index (χ0) is 13.8. The maximum absolute atomic E-state index is 13.5. The Morgan fingerprint density at radius 1 is 1.47 bits per heavy atom. The lowest BCUT2D eigenvalue weighted by molar-refractivity contribution is 0.0692. The van der Waals surface area contributed by atoms with Crippen LogP contribution >= 0.6 is 0 Å². The Morgan fingerprint density at radius 2 is 2.26 bits per heavy atom. The Labute approximate surface area is 108 Å². The predicted molar refractivity (Wildman–Crippen MR) is 67.1 cm³/mol. The summed E-state index contributed by atoms with van der Waals surface area (Å²) in [6.45, 7) is 0.332. The van der Waals surface area contributed by atoms with Crippen LogP contribution in [0.4, 0.5) is 15.8 Å². The molecule has 19 heavy (non-hydrogen) atoms. The third kappa shape index (κ3) is 2.95. The van der Waals surface area contributed by atoms with E-state index >= 15 is 0 Å². The van der Waals surface area contributed by atoms with E-state index in [9.17, 15) is 9.18 Å². The Balaban J connectivity index is 2.17. The molecule has 98 valence electrons. The SMILES string of the molecule is Nc1cc(C(=O)O)c(F)cc1NCc1ccncn1. The minimum Gasteiger partial charge on any atom is -0.478 e. The largest absolute Gasteiger partial charge is 0.478 e. The predicted octanol–water partition coefficient (Wildman–Crippen LogP) is 1.51. The molecule has 0 bridgehead atoms. The van der Waals surface area contributed by atoms with Crippen LogP contribution in [0.3, 0.4) is 0 Å². The van der Waals surface area contributed by atoms with Gasteiger partial charge in [-0.05, 0) is 18.2 Å². The van der Waals surface area contributed by atoms with Crippen molar-refractivity contribution < 1.29 is 14.3 Å². The maximum atomic E-state index is 13.5. The topological polar surface area (TPSA) is 101 Å². The van der Waals surface area contributed by atoms with Gasteiger partial charge >= 0.3 is 5.97 Å². The molecule has 0 aliphatic heterocycles. The summed E-state index contributed by atoms with van der Waals surface area (Å²) in [5.74, 6) is -2.20. The Kier molecular flexibility index (Phi) is 3.56. The second-order valence-electron chi connectivity index (χ2n) is 3.78. The van der Waals surface area contributed by atoms with Gasteiger partial charge in [0.05, 0.1) is 29.2 Å². The van der Waals surface area contributed by atoms with Crippen LogP contribution in [-0.4, -0.2) is 21.0 Å². The molecule has 0 fully saturated rings. The van der Waals surface area contributed by atoms with Crippen LogP contribution in [0.2, 0.25) is 0 Å². The van der Waals surface area contributed by atoms with Crippen LogP contribution in [-0.2, 0) is 6.54 Å². The molecule has 1 aromatic heterocycles. The second kappa shape index (κ2) is 5.30. The van der Waals surface area contributed by atoms with Gasteiger partial charge in [0.2, 0.25) is 0 Å². The molecule has 0 amide bonds. The lowest BCUT2D eigenvalue weighted by atomic mass is 10.1. The van der Waals surface area contributed by atoms with Crippen molar-refractivity contribution in [1.82, 2.24) is 9.97 Å². The number of halogens is 1. The van der Waals surface area contributed by atoms with Crippen molar-refractivity contribution >= 4 is 17.3 Å². The van der Waals surface area contributed by atoms with Crippen LogP contribution in [0.25, 0.3) is 0 Å². The fourth-order valence-corrected chi connectivity index (χ4v) is 1.52. The van der Waals surface area contributed by atoms with Gasteiger partial charge in [-0.1, -0.05) is 0 Å². The number of aromatic nitrogens is 2. The molecule has 6 nitrogen and oxygen atoms in total. The number of nitrogens with one attached hydrogen (secondary N) is 1. The minimum absolute atomic E-state index is 0.160. The van der Waals surface area contributed by atoms with Crippen molar-refractivity contribution in [2.75, 3.05) is 11.1 Å². The molecule has 0 aliphatic carbocycles. The molecule has 0 saturated carbocycles. The Hall–Kier alpha value is -2.70. The first-order valence-electron chi connectivity index (χ1n) is 5.39. The summed E-state index contributed by atoms with van der Waals surface area (Å²) < 4.78 is 13.5. The highest BCUT2D eigenvalue weighted by molar-refractivity contribution is 5.90. The van der Waals surface area contributed by atoms with Crippen molar-refractivity contribution in [3.05, 3.63) is 47.8 Å². The van der Waals surface area contributed by atoms with Gasteiger partial charge in [0, 0.05) is 6.20 Å². The van der Waals surface area contributed by atoms with Gasteiger partial charge in [0.1, 0.15) is 12.1 Å². The van der Waals surface area contributed by atoms with Crippen molar-refractivity contribution in [2.45, 2.75) is 6.54 Å². The molecular formula is C12H11FN4O2. The molecule has 2 rings (SSSR count). The fourth-order valence-electron chi connectivity index (χ4n) is 1.52. The van der Waals surface area contributed by atoms with Gasteiger partial charge in [-0.3, -0.25) is 0 Å². The average Bonchev–Trinajstić information content (AvgIpc) is 2.40. The van der Waals surface area contributed by atoms with Crippen molar-refractivity contribution in [3.8, 4) is 0 Å². The first kappa shape index (κ1) is 12.7. The van der Waals surface area contributed by atoms with E-state index in [4.69, 9.17) is 10.8 Å². The number of nitrogen functional groups attached to an aromatic ring is 1. The highest BCUT2D eigenvalue weighted by Gasteiger charge is 2.13. The van der Waals surface area contributed by atoms with E-state index in [1.807, 2.05) is 0 Å². The second-order valence-corrected chi connectivity index (χ2v) is 3.78. The van der Waals surface area contributed by atoms with E-state index in [0.717, 1.165) is 12.1 Å². The molecule has 0 spiro atoms. The van der Waals surface area contributed by atoms with Crippen LogP contribution < -0.4 is 11.1 Å². The van der Waals surface area contributed by atoms with E-state index in [-0.39, 0.29) is 5.69 Å². The summed E-state index contributed by atoms with van der Waals surface area (Å²) in [6, 6.07) is 3.84. The summed E-state index contributed by atoms with van der Waals surface area (Å²) in [7, 11) is 0. The fraction of sp³-hybridized carbons (Fsp3) is 0.0833. The maximum Gasteiger partial charge on any atom is 0.338 e. The van der Waals surface area contributed by atoms with E-state index in [1.165, 1.54) is 6.33 Å². The first-order valence-corrected chi connectivity index (χ1v) is 5.39. The third-order valence-corrected chi connectivity index (χ3v) is 2.47. The van der Waals surface area contributed by atoms with Crippen molar-refractivity contribution in [2.24, 2.45) is 0 Å². The molecule has 4 N–H and O–H groups in total. The standard InChI is InChI=1S/C12H11FN4O2/c13-9-4-11(10(14)3-8(9)12(18)19)16-5-7-1-2-15-6-17-7/h1-4,6,16H,5,14H2,(H,18,19). The zero-order valence-electron chi connectivity index (χ0n) is 9.80. The smallest absolute Gasteiger partial charge is 0.338 e. The number of nitrogens with zero attached hydrogens (tertiary/aromatic N) is 2. The van der Waals surface area contributed by atoms with Crippen molar-refractivity contribution in [3.63, 3.8) is 0 Å². The number of hydrogen-bond acceptors (Lipinski definition) is 5. The number of benzene rings is 1. The van der Waals surface area contributed by atoms with E-state index in [2.05, 4.69) is 15.3 Å². The number of rotatable bonds is 4. The van der Waals surface area contributed by atoms with Gasteiger partial charge in [-0.15, -0.1) is 0 Å². The number of carboxylic acids is 1. The quantitative estimate of drug-likeness (QED) is 0.722. The van der Waals surface area contributed by atoms with Gasteiger partial charge in [-0.25, -0.2) is 19.2 Å². The molecule has 1 aromatic carbocycles. The third-order valence-electron chi connectivity index (χ3n) is 2.47. The summed E-state index contributed by atoms with van der Waals surface area (Å²) >= 11 is 0.